The van der Waals surface area contributed by atoms with Crippen molar-refractivity contribution in [3.05, 3.63) is 0 Å². The predicted molar refractivity (Wildman–Crippen MR) is 48.4 cm³/mol. The Labute approximate surface area is 75.2 Å². The average Bonchev–Trinajstić information content (AvgIpc) is 2.04. The Bertz CT molecular complexity index is 199. The number of aldehydes is 1. The van der Waals surface area contributed by atoms with Gasteiger partial charge in [0.15, 0.2) is 0 Å². The van der Waals surface area contributed by atoms with Crippen LogP contribution in [0.1, 0.15) is 32.1 Å². The summed E-state index contributed by atoms with van der Waals surface area (Å²) in [5, 5.41) is 0.681. The Morgan fingerprint density at radius 1 is 1.17 bits per heavy atom. The molecule has 3 heteroatoms. The van der Waals surface area contributed by atoms with Gasteiger partial charge in [0.2, 0.25) is 0 Å². The molecule has 2 fully saturated rings. The Hall–Kier alpha value is -0.180. The molecule has 2 atom stereocenters. The highest BCUT2D eigenvalue weighted by Gasteiger charge is 2.37. The van der Waals surface area contributed by atoms with Crippen LogP contribution in [0.15, 0.2) is 0 Å². The second-order valence-electron chi connectivity index (χ2n) is 3.87. The fraction of sp³-hybridized carbons (Fsp3) is 0.889. The van der Waals surface area contributed by atoms with Gasteiger partial charge in [-0.15, -0.1) is 0 Å². The topological polar surface area (TPSA) is 34.1 Å². The molecule has 0 aliphatic carbocycles. The molecule has 0 saturated carbocycles. The molecule has 2 bridgehead atoms. The fourth-order valence-corrected chi connectivity index (χ4v) is 4.60. The third-order valence-corrected chi connectivity index (χ3v) is 5.20. The van der Waals surface area contributed by atoms with E-state index in [1.165, 1.54) is 6.42 Å². The highest BCUT2D eigenvalue weighted by molar-refractivity contribution is 7.86. The van der Waals surface area contributed by atoms with E-state index in [1.807, 2.05) is 0 Å². The summed E-state index contributed by atoms with van der Waals surface area (Å²) < 4.78 is 11.7. The molecule has 0 aromatic rings. The predicted octanol–water partition coefficient (Wildman–Crippen LogP) is 1.27. The fourth-order valence-electron chi connectivity index (χ4n) is 2.39. The van der Waals surface area contributed by atoms with Crippen LogP contribution >= 0.6 is 0 Å². The Morgan fingerprint density at radius 3 is 2.25 bits per heavy atom. The summed E-state index contributed by atoms with van der Waals surface area (Å²) in [6.07, 6.45) is 6.19. The standard InChI is InChI=1S/C9H14O2S/c10-6-7-4-8-2-1-3-9(5-7)12(8)11/h6-9H,1-5H2. The van der Waals surface area contributed by atoms with Crippen molar-refractivity contribution in [1.29, 1.82) is 0 Å². The molecule has 2 aliphatic rings. The maximum Gasteiger partial charge on any atom is 0.123 e. The van der Waals surface area contributed by atoms with Crippen molar-refractivity contribution in [3.63, 3.8) is 0 Å². The highest BCUT2D eigenvalue weighted by atomic mass is 32.2. The third-order valence-electron chi connectivity index (χ3n) is 3.03. The minimum absolute atomic E-state index is 0.206. The number of hydrogen-bond donors (Lipinski definition) is 0. The van der Waals surface area contributed by atoms with Crippen molar-refractivity contribution in [2.75, 3.05) is 0 Å². The molecule has 0 radical (unpaired) electrons. The van der Waals surface area contributed by atoms with Crippen LogP contribution in [0, 0.1) is 5.92 Å². The van der Waals surface area contributed by atoms with Gasteiger partial charge >= 0.3 is 0 Å². The van der Waals surface area contributed by atoms with E-state index in [4.69, 9.17) is 0 Å². The number of hydrogen-bond acceptors (Lipinski definition) is 2. The second kappa shape index (κ2) is 3.29. The lowest BCUT2D eigenvalue weighted by Gasteiger charge is -2.36. The van der Waals surface area contributed by atoms with E-state index in [0.717, 1.165) is 32.0 Å². The van der Waals surface area contributed by atoms with E-state index in [2.05, 4.69) is 0 Å². The van der Waals surface area contributed by atoms with Crippen molar-refractivity contribution in [3.8, 4) is 0 Å². The zero-order valence-corrected chi connectivity index (χ0v) is 7.89. The molecule has 2 rings (SSSR count). The summed E-state index contributed by atoms with van der Waals surface area (Å²) in [6, 6.07) is 0. The van der Waals surface area contributed by atoms with E-state index in [1.54, 1.807) is 0 Å². The van der Waals surface area contributed by atoms with Crippen LogP contribution in [0.25, 0.3) is 0 Å². The smallest absolute Gasteiger partial charge is 0.123 e. The van der Waals surface area contributed by atoms with E-state index in [0.29, 0.717) is 10.5 Å². The molecular weight excluding hydrogens is 172 g/mol. The Morgan fingerprint density at radius 2 is 1.75 bits per heavy atom. The number of rotatable bonds is 1. The lowest BCUT2D eigenvalue weighted by molar-refractivity contribution is -0.111. The molecule has 12 heavy (non-hydrogen) atoms. The highest BCUT2D eigenvalue weighted by Crippen LogP contribution is 2.35. The van der Waals surface area contributed by atoms with Gasteiger partial charge in [0.1, 0.15) is 6.29 Å². The van der Waals surface area contributed by atoms with Crippen LogP contribution in [0.2, 0.25) is 0 Å². The van der Waals surface area contributed by atoms with Gasteiger partial charge in [-0.05, 0) is 25.7 Å². The van der Waals surface area contributed by atoms with Gasteiger partial charge in [-0.2, -0.15) is 0 Å². The van der Waals surface area contributed by atoms with Crippen LogP contribution in [0.4, 0.5) is 0 Å². The first kappa shape index (κ1) is 8.42. The Kier molecular flexibility index (Phi) is 2.31. The minimum Gasteiger partial charge on any atom is -0.303 e. The van der Waals surface area contributed by atoms with E-state index in [-0.39, 0.29) is 5.92 Å². The third kappa shape index (κ3) is 1.35. The molecule has 0 amide bonds. The molecule has 0 aromatic heterocycles. The normalized spacial score (nSPS) is 47.0. The second-order valence-corrected chi connectivity index (χ2v) is 5.86. The van der Waals surface area contributed by atoms with Crippen molar-refractivity contribution in [2.24, 2.45) is 5.92 Å². The van der Waals surface area contributed by atoms with Gasteiger partial charge in [0.25, 0.3) is 0 Å². The van der Waals surface area contributed by atoms with Gasteiger partial charge in [0, 0.05) is 27.2 Å². The molecule has 2 saturated heterocycles. The van der Waals surface area contributed by atoms with Gasteiger partial charge in [-0.1, -0.05) is 6.42 Å². The lowest BCUT2D eigenvalue weighted by atomic mass is 9.91. The van der Waals surface area contributed by atoms with Gasteiger partial charge in [-0.3, -0.25) is 4.21 Å². The SMILES string of the molecule is O=CC1CC2CCCC(C1)S2=O. The first-order valence-corrected chi connectivity index (χ1v) is 5.93. The van der Waals surface area contributed by atoms with Crippen LogP contribution in [-0.4, -0.2) is 21.0 Å². The number of carbonyl (C=O) groups is 1. The summed E-state index contributed by atoms with van der Waals surface area (Å²) in [4.78, 5) is 10.6. The average molecular weight is 186 g/mol. The molecule has 0 spiro atoms. The van der Waals surface area contributed by atoms with Gasteiger partial charge in [-0.25, -0.2) is 0 Å². The maximum atomic E-state index is 11.7. The molecule has 2 unspecified atom stereocenters. The zero-order valence-electron chi connectivity index (χ0n) is 7.07. The van der Waals surface area contributed by atoms with E-state index >= 15 is 0 Å². The summed E-state index contributed by atoms with van der Waals surface area (Å²) in [7, 11) is -0.617. The molecule has 68 valence electrons. The van der Waals surface area contributed by atoms with Crippen LogP contribution in [-0.2, 0) is 15.6 Å². The van der Waals surface area contributed by atoms with Crippen molar-refractivity contribution in [1.82, 2.24) is 0 Å². The van der Waals surface area contributed by atoms with Crippen molar-refractivity contribution < 1.29 is 9.00 Å². The minimum atomic E-state index is -0.617. The summed E-state index contributed by atoms with van der Waals surface area (Å²) in [5.74, 6) is 0.206. The first-order chi connectivity index (χ1) is 5.81. The van der Waals surface area contributed by atoms with Crippen LogP contribution in [0.5, 0.6) is 0 Å². The Balaban J connectivity index is 2.12. The number of carbonyl (C=O) groups excluding carboxylic acids is 1. The zero-order chi connectivity index (χ0) is 8.55. The van der Waals surface area contributed by atoms with E-state index < -0.39 is 10.8 Å². The maximum absolute atomic E-state index is 11.7. The van der Waals surface area contributed by atoms with Gasteiger partial charge in [0.05, 0.1) is 0 Å². The lowest BCUT2D eigenvalue weighted by Crippen LogP contribution is -2.39. The van der Waals surface area contributed by atoms with Gasteiger partial charge < -0.3 is 4.79 Å². The largest absolute Gasteiger partial charge is 0.303 e. The van der Waals surface area contributed by atoms with Crippen LogP contribution < -0.4 is 0 Å². The van der Waals surface area contributed by atoms with Crippen LogP contribution in [0.3, 0.4) is 0 Å². The number of fused-ring (bicyclic) bond motifs is 2. The van der Waals surface area contributed by atoms with E-state index in [9.17, 15) is 9.00 Å². The van der Waals surface area contributed by atoms with Crippen molar-refractivity contribution in [2.45, 2.75) is 42.6 Å². The molecule has 0 aromatic carbocycles. The molecule has 2 nitrogen and oxygen atoms in total. The molecule has 0 N–H and O–H groups in total. The molecule has 2 aliphatic heterocycles. The monoisotopic (exact) mass is 186 g/mol. The molecular formula is C9H14O2S. The summed E-state index contributed by atoms with van der Waals surface area (Å²) in [6.45, 7) is 0. The quantitative estimate of drug-likeness (QED) is 0.578. The summed E-state index contributed by atoms with van der Waals surface area (Å²) >= 11 is 0. The summed E-state index contributed by atoms with van der Waals surface area (Å²) in [5.41, 5.74) is 0. The first-order valence-electron chi connectivity index (χ1n) is 4.66. The molecule has 2 heterocycles. The van der Waals surface area contributed by atoms with Crippen molar-refractivity contribution >= 4 is 17.1 Å².